The van der Waals surface area contributed by atoms with Gasteiger partial charge in [-0.2, -0.15) is 0 Å². The van der Waals surface area contributed by atoms with Gasteiger partial charge in [-0.15, -0.1) is 0 Å². The number of aliphatic hydroxyl groups excluding tert-OH is 1. The molecule has 5 nitrogen and oxygen atoms in total. The number of rotatable bonds is 3. The molecule has 5 heteroatoms. The van der Waals surface area contributed by atoms with Gasteiger partial charge < -0.3 is 14.9 Å². The van der Waals surface area contributed by atoms with Crippen LogP contribution in [0.25, 0.3) is 0 Å². The standard InChI is InChI=1S/C10H19NO4/c1-4-8(12)5-7-6-15-10(2,3)11(7)9(13)14/h7-8,12H,4-6H2,1-3H3,(H,13,14)/t7-,8-/m0/s1. The first kappa shape index (κ1) is 12.3. The number of amides is 1. The van der Waals surface area contributed by atoms with E-state index in [0.717, 1.165) is 0 Å². The van der Waals surface area contributed by atoms with Gasteiger partial charge in [0.2, 0.25) is 0 Å². The molecular formula is C10H19NO4. The molecule has 0 bridgehead atoms. The van der Waals surface area contributed by atoms with Gasteiger partial charge in [0, 0.05) is 0 Å². The molecule has 88 valence electrons. The Kier molecular flexibility index (Phi) is 3.57. The van der Waals surface area contributed by atoms with Crippen LogP contribution in [-0.2, 0) is 4.74 Å². The van der Waals surface area contributed by atoms with E-state index in [1.165, 1.54) is 4.90 Å². The van der Waals surface area contributed by atoms with Crippen molar-refractivity contribution in [2.24, 2.45) is 0 Å². The molecule has 0 unspecified atom stereocenters. The van der Waals surface area contributed by atoms with Crippen LogP contribution < -0.4 is 0 Å². The summed E-state index contributed by atoms with van der Waals surface area (Å²) in [6, 6.07) is -0.243. The van der Waals surface area contributed by atoms with Crippen molar-refractivity contribution in [3.05, 3.63) is 0 Å². The number of hydrogen-bond acceptors (Lipinski definition) is 3. The van der Waals surface area contributed by atoms with Gasteiger partial charge in [0.15, 0.2) is 0 Å². The van der Waals surface area contributed by atoms with Crippen LogP contribution in [0.15, 0.2) is 0 Å². The lowest BCUT2D eigenvalue weighted by Gasteiger charge is -2.31. The molecule has 1 saturated heterocycles. The lowest BCUT2D eigenvalue weighted by molar-refractivity contribution is -0.0430. The molecule has 0 aromatic rings. The minimum absolute atomic E-state index is 0.243. The highest BCUT2D eigenvalue weighted by Gasteiger charge is 2.44. The Hall–Kier alpha value is -0.810. The van der Waals surface area contributed by atoms with Gasteiger partial charge in [0.05, 0.1) is 18.8 Å². The molecule has 0 spiro atoms. The van der Waals surface area contributed by atoms with Gasteiger partial charge in [-0.1, -0.05) is 6.92 Å². The summed E-state index contributed by atoms with van der Waals surface area (Å²) in [5, 5.41) is 18.6. The third kappa shape index (κ3) is 2.60. The number of carbonyl (C=O) groups is 1. The summed E-state index contributed by atoms with van der Waals surface area (Å²) in [5.74, 6) is 0. The largest absolute Gasteiger partial charge is 0.465 e. The van der Waals surface area contributed by atoms with Crippen LogP contribution in [0.3, 0.4) is 0 Å². The molecule has 0 aliphatic carbocycles. The molecule has 1 heterocycles. The predicted octanol–water partition coefficient (Wildman–Crippen LogP) is 1.26. The van der Waals surface area contributed by atoms with Crippen LogP contribution in [0, 0.1) is 0 Å². The zero-order chi connectivity index (χ0) is 11.6. The first-order chi connectivity index (χ1) is 6.88. The Morgan fingerprint density at radius 1 is 1.67 bits per heavy atom. The summed E-state index contributed by atoms with van der Waals surface area (Å²) in [6.07, 6.45) is -0.392. The van der Waals surface area contributed by atoms with E-state index in [1.54, 1.807) is 13.8 Å². The van der Waals surface area contributed by atoms with Crippen molar-refractivity contribution in [1.82, 2.24) is 4.90 Å². The second-order valence-electron chi connectivity index (χ2n) is 4.36. The van der Waals surface area contributed by atoms with Crippen molar-refractivity contribution >= 4 is 6.09 Å². The van der Waals surface area contributed by atoms with E-state index in [0.29, 0.717) is 19.4 Å². The Morgan fingerprint density at radius 3 is 2.73 bits per heavy atom. The second kappa shape index (κ2) is 4.37. The number of carboxylic acid groups (broad SMARTS) is 1. The topological polar surface area (TPSA) is 70.0 Å². The normalized spacial score (nSPS) is 26.7. The Balaban J connectivity index is 2.70. The fourth-order valence-corrected chi connectivity index (χ4v) is 1.92. The van der Waals surface area contributed by atoms with Gasteiger partial charge in [-0.3, -0.25) is 4.90 Å². The molecule has 1 aliphatic heterocycles. The van der Waals surface area contributed by atoms with E-state index in [1.807, 2.05) is 6.92 Å². The molecule has 2 N–H and O–H groups in total. The Bertz CT molecular complexity index is 242. The number of hydrogen-bond donors (Lipinski definition) is 2. The van der Waals surface area contributed by atoms with Crippen LogP contribution in [0.5, 0.6) is 0 Å². The highest BCUT2D eigenvalue weighted by Crippen LogP contribution is 2.29. The number of nitrogens with zero attached hydrogens (tertiary/aromatic N) is 1. The zero-order valence-electron chi connectivity index (χ0n) is 9.43. The summed E-state index contributed by atoms with van der Waals surface area (Å²) < 4.78 is 5.41. The molecule has 0 aromatic carbocycles. The molecule has 0 radical (unpaired) electrons. The monoisotopic (exact) mass is 217 g/mol. The smallest absolute Gasteiger partial charge is 0.409 e. The maximum absolute atomic E-state index is 11.1. The van der Waals surface area contributed by atoms with E-state index < -0.39 is 17.9 Å². The molecule has 1 rings (SSSR count). The average molecular weight is 217 g/mol. The van der Waals surface area contributed by atoms with E-state index in [4.69, 9.17) is 9.84 Å². The maximum Gasteiger partial charge on any atom is 0.409 e. The van der Waals surface area contributed by atoms with Crippen molar-refractivity contribution in [2.45, 2.75) is 51.5 Å². The predicted molar refractivity (Wildman–Crippen MR) is 54.6 cm³/mol. The quantitative estimate of drug-likeness (QED) is 0.746. The highest BCUT2D eigenvalue weighted by molar-refractivity contribution is 5.66. The third-order valence-corrected chi connectivity index (χ3v) is 2.80. The van der Waals surface area contributed by atoms with Crippen molar-refractivity contribution in [3.8, 4) is 0 Å². The summed E-state index contributed by atoms with van der Waals surface area (Å²) in [7, 11) is 0. The molecule has 2 atom stereocenters. The summed E-state index contributed by atoms with van der Waals surface area (Å²) in [4.78, 5) is 12.3. The molecule has 0 aromatic heterocycles. The zero-order valence-corrected chi connectivity index (χ0v) is 9.43. The Morgan fingerprint density at radius 2 is 2.27 bits per heavy atom. The number of aliphatic hydroxyl groups is 1. The number of ether oxygens (including phenoxy) is 1. The minimum atomic E-state index is -0.995. The molecule has 0 saturated carbocycles. The molecule has 15 heavy (non-hydrogen) atoms. The van der Waals surface area contributed by atoms with Crippen LogP contribution in [-0.4, -0.2) is 45.7 Å². The summed E-state index contributed by atoms with van der Waals surface area (Å²) in [5.41, 5.74) is -0.788. The third-order valence-electron chi connectivity index (χ3n) is 2.80. The van der Waals surface area contributed by atoms with Crippen LogP contribution >= 0.6 is 0 Å². The Labute approximate surface area is 89.6 Å². The molecule has 1 aliphatic rings. The summed E-state index contributed by atoms with van der Waals surface area (Å²) >= 11 is 0. The van der Waals surface area contributed by atoms with Crippen LogP contribution in [0.1, 0.15) is 33.6 Å². The maximum atomic E-state index is 11.1. The van der Waals surface area contributed by atoms with Gasteiger partial charge in [-0.05, 0) is 26.7 Å². The van der Waals surface area contributed by atoms with E-state index in [2.05, 4.69) is 0 Å². The van der Waals surface area contributed by atoms with Crippen LogP contribution in [0.4, 0.5) is 4.79 Å². The fourth-order valence-electron chi connectivity index (χ4n) is 1.92. The van der Waals surface area contributed by atoms with Gasteiger partial charge in [-0.25, -0.2) is 4.79 Å². The lowest BCUT2D eigenvalue weighted by Crippen LogP contribution is -2.48. The van der Waals surface area contributed by atoms with Gasteiger partial charge >= 0.3 is 6.09 Å². The van der Waals surface area contributed by atoms with Crippen molar-refractivity contribution in [3.63, 3.8) is 0 Å². The first-order valence-electron chi connectivity index (χ1n) is 5.22. The van der Waals surface area contributed by atoms with Gasteiger partial charge in [0.25, 0.3) is 0 Å². The van der Waals surface area contributed by atoms with Crippen molar-refractivity contribution in [2.75, 3.05) is 6.61 Å². The van der Waals surface area contributed by atoms with E-state index in [9.17, 15) is 9.90 Å². The molecular weight excluding hydrogens is 198 g/mol. The minimum Gasteiger partial charge on any atom is -0.465 e. The molecule has 1 amide bonds. The first-order valence-corrected chi connectivity index (χ1v) is 5.22. The van der Waals surface area contributed by atoms with Crippen molar-refractivity contribution in [1.29, 1.82) is 0 Å². The highest BCUT2D eigenvalue weighted by atomic mass is 16.5. The fraction of sp³-hybridized carbons (Fsp3) is 0.900. The summed E-state index contributed by atoms with van der Waals surface area (Å²) in [6.45, 7) is 5.67. The van der Waals surface area contributed by atoms with E-state index in [-0.39, 0.29) is 6.04 Å². The second-order valence-corrected chi connectivity index (χ2v) is 4.36. The van der Waals surface area contributed by atoms with Crippen molar-refractivity contribution < 1.29 is 19.7 Å². The lowest BCUT2D eigenvalue weighted by atomic mass is 10.1. The van der Waals surface area contributed by atoms with Crippen LogP contribution in [0.2, 0.25) is 0 Å². The molecule has 1 fully saturated rings. The average Bonchev–Trinajstić information content (AvgIpc) is 2.41. The SMILES string of the molecule is CC[C@H](O)C[C@H]1COC(C)(C)N1C(=O)O. The van der Waals surface area contributed by atoms with Gasteiger partial charge in [0.1, 0.15) is 5.72 Å². The van der Waals surface area contributed by atoms with E-state index >= 15 is 0 Å².